The van der Waals surface area contributed by atoms with Crippen molar-refractivity contribution in [3.05, 3.63) is 34.3 Å². The van der Waals surface area contributed by atoms with Gasteiger partial charge in [0, 0.05) is 50.4 Å². The van der Waals surface area contributed by atoms with Crippen LogP contribution in [0.2, 0.25) is 0 Å². The van der Waals surface area contributed by atoms with Gasteiger partial charge in [0.05, 0.1) is 18.6 Å². The fourth-order valence-electron chi connectivity index (χ4n) is 4.55. The summed E-state index contributed by atoms with van der Waals surface area (Å²) in [5.41, 5.74) is 0.665. The molecule has 6 heteroatoms. The molecule has 2 aliphatic rings. The number of carbonyl (C=O) groups is 1. The summed E-state index contributed by atoms with van der Waals surface area (Å²) in [6.45, 7) is 9.61. The zero-order valence-electron chi connectivity index (χ0n) is 18.4. The SMILES string of the molecule is CCCCCCN(CCN1CCOCC1)C(=O)C1(c2ccc(Br)cc2)CCOCC1. The minimum atomic E-state index is -0.464. The molecule has 0 N–H and O–H groups in total. The van der Waals surface area contributed by atoms with E-state index in [2.05, 4.69) is 56.9 Å². The standard InChI is InChI=1S/C24H37BrN2O3/c1-2-3-4-5-12-27(14-13-26-15-19-30-20-16-26)23(28)24(10-17-29-18-11-24)21-6-8-22(25)9-7-21/h6-9H,2-5,10-20H2,1H3. The maximum absolute atomic E-state index is 14.1. The van der Waals surface area contributed by atoms with Crippen LogP contribution >= 0.6 is 15.9 Å². The number of halogens is 1. The number of morpholine rings is 1. The van der Waals surface area contributed by atoms with Crippen LogP contribution in [0.5, 0.6) is 0 Å². The number of unbranched alkanes of at least 4 members (excludes halogenated alkanes) is 3. The molecule has 2 fully saturated rings. The monoisotopic (exact) mass is 480 g/mol. The van der Waals surface area contributed by atoms with Gasteiger partial charge in [0.1, 0.15) is 0 Å². The minimum absolute atomic E-state index is 0.290. The van der Waals surface area contributed by atoms with E-state index in [0.29, 0.717) is 13.2 Å². The van der Waals surface area contributed by atoms with Crippen LogP contribution in [0.1, 0.15) is 51.0 Å². The zero-order valence-corrected chi connectivity index (χ0v) is 20.0. The number of amides is 1. The van der Waals surface area contributed by atoms with Crippen molar-refractivity contribution in [1.82, 2.24) is 9.80 Å². The molecule has 3 rings (SSSR count). The van der Waals surface area contributed by atoms with Gasteiger partial charge >= 0.3 is 0 Å². The molecule has 1 aromatic carbocycles. The highest BCUT2D eigenvalue weighted by atomic mass is 79.9. The Bertz CT molecular complexity index is 640. The lowest BCUT2D eigenvalue weighted by Gasteiger charge is -2.41. The highest BCUT2D eigenvalue weighted by molar-refractivity contribution is 9.10. The smallest absolute Gasteiger partial charge is 0.233 e. The highest BCUT2D eigenvalue weighted by Crippen LogP contribution is 2.37. The van der Waals surface area contributed by atoms with Crippen LogP contribution in [0.15, 0.2) is 28.7 Å². The van der Waals surface area contributed by atoms with Gasteiger partial charge in [0.15, 0.2) is 0 Å². The van der Waals surface area contributed by atoms with Crippen LogP contribution < -0.4 is 0 Å². The third-order valence-electron chi connectivity index (χ3n) is 6.51. The Kier molecular flexibility index (Phi) is 9.63. The Labute approximate surface area is 190 Å². The van der Waals surface area contributed by atoms with Gasteiger partial charge in [0.2, 0.25) is 5.91 Å². The van der Waals surface area contributed by atoms with E-state index in [1.165, 1.54) is 19.3 Å². The Morgan fingerprint density at radius 2 is 1.67 bits per heavy atom. The minimum Gasteiger partial charge on any atom is -0.381 e. The van der Waals surface area contributed by atoms with Crippen LogP contribution in [-0.2, 0) is 19.7 Å². The lowest BCUT2D eigenvalue weighted by molar-refractivity contribution is -0.141. The van der Waals surface area contributed by atoms with Crippen molar-refractivity contribution >= 4 is 21.8 Å². The van der Waals surface area contributed by atoms with Crippen molar-refractivity contribution in [2.24, 2.45) is 0 Å². The molecule has 5 nitrogen and oxygen atoms in total. The van der Waals surface area contributed by atoms with Crippen molar-refractivity contribution in [2.45, 2.75) is 50.9 Å². The largest absolute Gasteiger partial charge is 0.381 e. The Hall–Kier alpha value is -0.950. The average Bonchev–Trinajstić information content (AvgIpc) is 2.80. The van der Waals surface area contributed by atoms with Gasteiger partial charge in [-0.15, -0.1) is 0 Å². The van der Waals surface area contributed by atoms with Crippen LogP contribution in [-0.4, -0.2) is 74.9 Å². The number of hydrogen-bond donors (Lipinski definition) is 0. The number of hydrogen-bond acceptors (Lipinski definition) is 4. The third-order valence-corrected chi connectivity index (χ3v) is 7.04. The first-order chi connectivity index (χ1) is 14.7. The quantitative estimate of drug-likeness (QED) is 0.469. The summed E-state index contributed by atoms with van der Waals surface area (Å²) in [4.78, 5) is 18.6. The molecule has 1 aromatic rings. The van der Waals surface area contributed by atoms with Crippen molar-refractivity contribution in [3.63, 3.8) is 0 Å². The second-order valence-electron chi connectivity index (χ2n) is 8.51. The molecule has 1 amide bonds. The van der Waals surface area contributed by atoms with E-state index in [1.54, 1.807) is 0 Å². The van der Waals surface area contributed by atoms with Crippen molar-refractivity contribution < 1.29 is 14.3 Å². The van der Waals surface area contributed by atoms with Gasteiger partial charge in [-0.25, -0.2) is 0 Å². The molecule has 0 saturated carbocycles. The van der Waals surface area contributed by atoms with E-state index >= 15 is 0 Å². The third kappa shape index (κ3) is 6.28. The van der Waals surface area contributed by atoms with Crippen molar-refractivity contribution in [3.8, 4) is 0 Å². The van der Waals surface area contributed by atoms with Crippen LogP contribution in [0, 0.1) is 0 Å². The van der Waals surface area contributed by atoms with Gasteiger partial charge in [-0.2, -0.15) is 0 Å². The molecule has 0 atom stereocenters. The molecule has 2 heterocycles. The lowest BCUT2D eigenvalue weighted by atomic mass is 9.73. The highest BCUT2D eigenvalue weighted by Gasteiger charge is 2.44. The fraction of sp³-hybridized carbons (Fsp3) is 0.708. The molecule has 0 bridgehead atoms. The normalized spacial score (nSPS) is 19.5. The van der Waals surface area contributed by atoms with E-state index in [1.807, 2.05) is 0 Å². The Morgan fingerprint density at radius 1 is 1.00 bits per heavy atom. The molecule has 0 unspecified atom stereocenters. The summed E-state index contributed by atoms with van der Waals surface area (Å²) in [6, 6.07) is 8.34. The molecule has 168 valence electrons. The lowest BCUT2D eigenvalue weighted by Crippen LogP contribution is -2.52. The van der Waals surface area contributed by atoms with E-state index in [0.717, 1.165) is 75.2 Å². The summed E-state index contributed by atoms with van der Waals surface area (Å²) in [7, 11) is 0. The summed E-state index contributed by atoms with van der Waals surface area (Å²) in [5, 5.41) is 0. The van der Waals surface area contributed by atoms with Gasteiger partial charge in [-0.3, -0.25) is 9.69 Å². The van der Waals surface area contributed by atoms with E-state index < -0.39 is 5.41 Å². The number of nitrogens with zero attached hydrogens (tertiary/aromatic N) is 2. The van der Waals surface area contributed by atoms with Crippen LogP contribution in [0.25, 0.3) is 0 Å². The van der Waals surface area contributed by atoms with Crippen LogP contribution in [0.3, 0.4) is 0 Å². The van der Waals surface area contributed by atoms with Gasteiger partial charge in [0.25, 0.3) is 0 Å². The Morgan fingerprint density at radius 3 is 2.33 bits per heavy atom. The number of benzene rings is 1. The predicted octanol–water partition coefficient (Wildman–Crippen LogP) is 4.24. The molecule has 0 spiro atoms. The summed E-state index contributed by atoms with van der Waals surface area (Å²) >= 11 is 3.54. The summed E-state index contributed by atoms with van der Waals surface area (Å²) < 4.78 is 12.2. The average molecular weight is 481 g/mol. The number of carbonyl (C=O) groups excluding carboxylic acids is 1. The molecule has 2 aliphatic heterocycles. The number of rotatable bonds is 10. The molecule has 0 aromatic heterocycles. The van der Waals surface area contributed by atoms with E-state index in [-0.39, 0.29) is 5.91 Å². The molecule has 2 saturated heterocycles. The molecule has 30 heavy (non-hydrogen) atoms. The summed E-state index contributed by atoms with van der Waals surface area (Å²) in [5.74, 6) is 0.290. The Balaban J connectivity index is 1.76. The maximum atomic E-state index is 14.1. The zero-order chi connectivity index (χ0) is 21.2. The first-order valence-corrected chi connectivity index (χ1v) is 12.4. The van der Waals surface area contributed by atoms with Gasteiger partial charge in [-0.1, -0.05) is 54.2 Å². The molecule has 0 radical (unpaired) electrons. The second kappa shape index (κ2) is 12.2. The molecular weight excluding hydrogens is 444 g/mol. The fourth-order valence-corrected chi connectivity index (χ4v) is 4.81. The topological polar surface area (TPSA) is 42.0 Å². The summed E-state index contributed by atoms with van der Waals surface area (Å²) in [6.07, 6.45) is 6.23. The molecule has 0 aliphatic carbocycles. The van der Waals surface area contributed by atoms with Crippen LogP contribution in [0.4, 0.5) is 0 Å². The molecular formula is C24H37BrN2O3. The van der Waals surface area contributed by atoms with Crippen molar-refractivity contribution in [1.29, 1.82) is 0 Å². The van der Waals surface area contributed by atoms with E-state index in [9.17, 15) is 4.79 Å². The maximum Gasteiger partial charge on any atom is 0.233 e. The van der Waals surface area contributed by atoms with E-state index in [4.69, 9.17) is 9.47 Å². The van der Waals surface area contributed by atoms with Crippen molar-refractivity contribution in [2.75, 3.05) is 59.2 Å². The first-order valence-electron chi connectivity index (χ1n) is 11.6. The van der Waals surface area contributed by atoms with Gasteiger partial charge in [-0.05, 0) is 37.0 Å². The first kappa shape index (κ1) is 23.7. The second-order valence-corrected chi connectivity index (χ2v) is 9.42. The number of ether oxygens (including phenoxy) is 2. The predicted molar refractivity (Wildman–Crippen MR) is 124 cm³/mol. The van der Waals surface area contributed by atoms with Gasteiger partial charge < -0.3 is 14.4 Å².